The average molecular weight is 211 g/mol. The second kappa shape index (κ2) is 4.06. The minimum absolute atomic E-state index is 0.0146. The molecule has 1 aromatic rings. The number of aryl methyl sites for hydroxylation is 1. The quantitative estimate of drug-likeness (QED) is 0.830. The summed E-state index contributed by atoms with van der Waals surface area (Å²) in [7, 11) is 0. The number of aliphatic hydroxyl groups is 1. The van der Waals surface area contributed by atoms with Gasteiger partial charge in [0.15, 0.2) is 5.01 Å². The SMILES string of the molecule is OCCCc1cnc(C(F)(F)F)s1. The van der Waals surface area contributed by atoms with Crippen LogP contribution in [0.3, 0.4) is 0 Å². The molecule has 0 aliphatic rings. The molecular weight excluding hydrogens is 203 g/mol. The molecule has 2 nitrogen and oxygen atoms in total. The van der Waals surface area contributed by atoms with Gasteiger partial charge in [0.25, 0.3) is 0 Å². The fourth-order valence-electron chi connectivity index (χ4n) is 0.807. The summed E-state index contributed by atoms with van der Waals surface area (Å²) in [4.78, 5) is 3.81. The number of halogens is 3. The molecule has 6 heteroatoms. The van der Waals surface area contributed by atoms with E-state index >= 15 is 0 Å². The van der Waals surface area contributed by atoms with Gasteiger partial charge in [-0.3, -0.25) is 0 Å². The number of nitrogens with zero attached hydrogens (tertiary/aromatic N) is 1. The summed E-state index contributed by atoms with van der Waals surface area (Å²) in [6, 6.07) is 0. The highest BCUT2D eigenvalue weighted by Crippen LogP contribution is 2.32. The van der Waals surface area contributed by atoms with Crippen molar-refractivity contribution in [3.63, 3.8) is 0 Å². The van der Waals surface area contributed by atoms with Crippen molar-refractivity contribution < 1.29 is 18.3 Å². The Morgan fingerprint density at radius 3 is 2.62 bits per heavy atom. The Labute approximate surface area is 77.0 Å². The third-order valence-corrected chi connectivity index (χ3v) is 2.48. The molecule has 0 amide bonds. The molecule has 0 unspecified atom stereocenters. The molecule has 0 fully saturated rings. The van der Waals surface area contributed by atoms with Crippen molar-refractivity contribution in [3.8, 4) is 0 Å². The van der Waals surface area contributed by atoms with E-state index in [1.165, 1.54) is 6.20 Å². The van der Waals surface area contributed by atoms with Gasteiger partial charge < -0.3 is 5.11 Å². The van der Waals surface area contributed by atoms with E-state index < -0.39 is 11.2 Å². The topological polar surface area (TPSA) is 33.1 Å². The lowest BCUT2D eigenvalue weighted by Gasteiger charge is -1.98. The van der Waals surface area contributed by atoms with Gasteiger partial charge in [0.1, 0.15) is 0 Å². The summed E-state index contributed by atoms with van der Waals surface area (Å²) < 4.78 is 36.1. The molecule has 0 spiro atoms. The van der Waals surface area contributed by atoms with Crippen LogP contribution in [0.4, 0.5) is 13.2 Å². The van der Waals surface area contributed by atoms with Crippen LogP contribution in [0.15, 0.2) is 6.20 Å². The number of aromatic nitrogens is 1. The number of rotatable bonds is 3. The van der Waals surface area contributed by atoms with Gasteiger partial charge in [-0.15, -0.1) is 11.3 Å². The minimum atomic E-state index is -4.35. The molecule has 0 saturated heterocycles. The summed E-state index contributed by atoms with van der Waals surface area (Å²) in [5.74, 6) is 0. The van der Waals surface area contributed by atoms with Crippen LogP contribution in [0.25, 0.3) is 0 Å². The van der Waals surface area contributed by atoms with E-state index in [1.807, 2.05) is 0 Å². The van der Waals surface area contributed by atoms with Crippen molar-refractivity contribution in [3.05, 3.63) is 16.1 Å². The Hall–Kier alpha value is -0.620. The van der Waals surface area contributed by atoms with Crippen molar-refractivity contribution >= 4 is 11.3 Å². The largest absolute Gasteiger partial charge is 0.443 e. The lowest BCUT2D eigenvalue weighted by molar-refractivity contribution is -0.137. The van der Waals surface area contributed by atoms with E-state index in [4.69, 9.17) is 5.11 Å². The maximum atomic E-state index is 12.0. The highest BCUT2D eigenvalue weighted by Gasteiger charge is 2.34. The van der Waals surface area contributed by atoms with E-state index in [9.17, 15) is 13.2 Å². The van der Waals surface area contributed by atoms with Gasteiger partial charge in [0, 0.05) is 17.7 Å². The smallest absolute Gasteiger partial charge is 0.396 e. The van der Waals surface area contributed by atoms with Crippen LogP contribution in [0, 0.1) is 0 Å². The maximum Gasteiger partial charge on any atom is 0.443 e. The van der Waals surface area contributed by atoms with Crippen LogP contribution in [0.1, 0.15) is 16.3 Å². The first kappa shape index (κ1) is 10.5. The molecule has 0 atom stereocenters. The first-order valence-electron chi connectivity index (χ1n) is 3.67. The summed E-state index contributed by atoms with van der Waals surface area (Å²) >= 11 is 0.633. The number of hydrogen-bond acceptors (Lipinski definition) is 3. The van der Waals surface area contributed by atoms with Crippen LogP contribution >= 0.6 is 11.3 Å². The molecule has 13 heavy (non-hydrogen) atoms. The molecule has 0 aliphatic carbocycles. The normalized spacial score (nSPS) is 12.0. The second-order valence-corrected chi connectivity index (χ2v) is 3.57. The fraction of sp³-hybridized carbons (Fsp3) is 0.571. The molecular formula is C7H8F3NOS. The van der Waals surface area contributed by atoms with Crippen molar-refractivity contribution in [1.82, 2.24) is 4.98 Å². The van der Waals surface area contributed by atoms with Crippen LogP contribution in [-0.4, -0.2) is 16.7 Å². The Bertz CT molecular complexity index is 271. The van der Waals surface area contributed by atoms with Gasteiger partial charge in [-0.2, -0.15) is 13.2 Å². The van der Waals surface area contributed by atoms with Gasteiger partial charge >= 0.3 is 6.18 Å². The first-order chi connectivity index (χ1) is 6.04. The Morgan fingerprint density at radius 1 is 1.46 bits per heavy atom. The number of thiazole rings is 1. The number of aliphatic hydroxyl groups excluding tert-OH is 1. The molecule has 0 saturated carbocycles. The van der Waals surface area contributed by atoms with E-state index in [0.717, 1.165) is 0 Å². The molecule has 0 radical (unpaired) electrons. The predicted molar refractivity (Wildman–Crippen MR) is 42.5 cm³/mol. The third kappa shape index (κ3) is 2.96. The van der Waals surface area contributed by atoms with Gasteiger partial charge in [-0.1, -0.05) is 0 Å². The highest BCUT2D eigenvalue weighted by atomic mass is 32.1. The molecule has 1 N–H and O–H groups in total. The summed E-state index contributed by atoms with van der Waals surface area (Å²) in [5.41, 5.74) is 0. The maximum absolute atomic E-state index is 12.0. The molecule has 1 rings (SSSR count). The van der Waals surface area contributed by atoms with Crippen LogP contribution in [0.5, 0.6) is 0 Å². The van der Waals surface area contributed by atoms with E-state index in [0.29, 0.717) is 29.1 Å². The zero-order chi connectivity index (χ0) is 9.90. The Kier molecular flexibility index (Phi) is 3.27. The number of alkyl halides is 3. The molecule has 1 heterocycles. The van der Waals surface area contributed by atoms with Crippen molar-refractivity contribution in [2.24, 2.45) is 0 Å². The molecule has 74 valence electrons. The predicted octanol–water partition coefficient (Wildman–Crippen LogP) is 2.09. The van der Waals surface area contributed by atoms with Gasteiger partial charge in [-0.25, -0.2) is 4.98 Å². The van der Waals surface area contributed by atoms with E-state index in [-0.39, 0.29) is 6.61 Å². The van der Waals surface area contributed by atoms with Gasteiger partial charge in [0.2, 0.25) is 0 Å². The van der Waals surface area contributed by atoms with Crippen LogP contribution in [0.2, 0.25) is 0 Å². The Morgan fingerprint density at radius 2 is 2.15 bits per heavy atom. The zero-order valence-electron chi connectivity index (χ0n) is 6.64. The van der Waals surface area contributed by atoms with Crippen molar-refractivity contribution in [2.45, 2.75) is 19.0 Å². The van der Waals surface area contributed by atoms with Gasteiger partial charge in [0.05, 0.1) is 0 Å². The monoisotopic (exact) mass is 211 g/mol. The van der Waals surface area contributed by atoms with Crippen molar-refractivity contribution in [1.29, 1.82) is 0 Å². The summed E-state index contributed by atoms with van der Waals surface area (Å²) in [5, 5.41) is 7.64. The minimum Gasteiger partial charge on any atom is -0.396 e. The number of hydrogen-bond donors (Lipinski definition) is 1. The second-order valence-electron chi connectivity index (χ2n) is 2.46. The molecule has 1 aromatic heterocycles. The average Bonchev–Trinajstić information content (AvgIpc) is 2.47. The van der Waals surface area contributed by atoms with Gasteiger partial charge in [-0.05, 0) is 12.8 Å². The summed E-state index contributed by atoms with van der Waals surface area (Å²) in [6.07, 6.45) is -2.21. The molecule has 0 aromatic carbocycles. The lowest BCUT2D eigenvalue weighted by Crippen LogP contribution is -2.02. The van der Waals surface area contributed by atoms with Crippen LogP contribution in [-0.2, 0) is 12.6 Å². The standard InChI is InChI=1S/C7H8F3NOS/c8-7(9,10)6-11-4-5(13-6)2-1-3-12/h4,12H,1-3H2. The molecule has 0 bridgehead atoms. The van der Waals surface area contributed by atoms with E-state index in [2.05, 4.69) is 4.98 Å². The fourth-order valence-corrected chi connectivity index (χ4v) is 1.63. The van der Waals surface area contributed by atoms with Crippen molar-refractivity contribution in [2.75, 3.05) is 6.61 Å². The zero-order valence-corrected chi connectivity index (χ0v) is 7.45. The van der Waals surface area contributed by atoms with E-state index in [1.54, 1.807) is 0 Å². The molecule has 0 aliphatic heterocycles. The lowest BCUT2D eigenvalue weighted by atomic mass is 10.3. The summed E-state index contributed by atoms with van der Waals surface area (Å²) in [6.45, 7) is -0.0146. The third-order valence-electron chi connectivity index (χ3n) is 1.38. The highest BCUT2D eigenvalue weighted by molar-refractivity contribution is 7.11. The Balaban J connectivity index is 2.64. The first-order valence-corrected chi connectivity index (χ1v) is 4.48. The van der Waals surface area contributed by atoms with Crippen LogP contribution < -0.4 is 0 Å².